The van der Waals surface area contributed by atoms with Gasteiger partial charge in [0, 0.05) is 13.1 Å². The van der Waals surface area contributed by atoms with Crippen molar-refractivity contribution in [3.8, 4) is 0 Å². The molecule has 3 aromatic heterocycles. The van der Waals surface area contributed by atoms with E-state index in [0.29, 0.717) is 24.5 Å². The van der Waals surface area contributed by atoms with Crippen LogP contribution in [0.15, 0.2) is 24.1 Å². The van der Waals surface area contributed by atoms with Crippen molar-refractivity contribution in [1.29, 1.82) is 0 Å². The molecule has 0 unspecified atom stereocenters. The van der Waals surface area contributed by atoms with Crippen molar-refractivity contribution in [2.75, 3.05) is 13.1 Å². The first-order valence-electron chi connectivity index (χ1n) is 7.15. The van der Waals surface area contributed by atoms with E-state index in [1.54, 1.807) is 22.7 Å². The second-order valence-electron chi connectivity index (χ2n) is 5.38. The Kier molecular flexibility index (Phi) is 3.37. The highest BCUT2D eigenvalue weighted by atomic mass is 32.1. The summed E-state index contributed by atoms with van der Waals surface area (Å²) < 4.78 is 1.81. The predicted molar refractivity (Wildman–Crippen MR) is 80.9 cm³/mol. The summed E-state index contributed by atoms with van der Waals surface area (Å²) in [5, 5.41) is 16.4. The van der Waals surface area contributed by atoms with Gasteiger partial charge in [-0.2, -0.15) is 15.0 Å². The van der Waals surface area contributed by atoms with Crippen LogP contribution in [-0.2, 0) is 6.54 Å². The van der Waals surface area contributed by atoms with Crippen molar-refractivity contribution < 1.29 is 4.79 Å². The molecule has 1 fully saturated rings. The van der Waals surface area contributed by atoms with Gasteiger partial charge in [0.05, 0.1) is 35.8 Å². The van der Waals surface area contributed by atoms with Crippen LogP contribution in [-0.4, -0.2) is 58.9 Å². The van der Waals surface area contributed by atoms with E-state index in [2.05, 4.69) is 25.5 Å². The molecule has 0 aliphatic carbocycles. The third-order valence-corrected chi connectivity index (χ3v) is 4.71. The number of aromatic nitrogens is 7. The van der Waals surface area contributed by atoms with Crippen LogP contribution in [0.2, 0.25) is 0 Å². The third kappa shape index (κ3) is 2.61. The van der Waals surface area contributed by atoms with Crippen LogP contribution in [0.1, 0.15) is 27.1 Å². The summed E-state index contributed by atoms with van der Waals surface area (Å²) in [6.07, 6.45) is 5.14. The lowest BCUT2D eigenvalue weighted by Crippen LogP contribution is -2.50. The van der Waals surface area contributed by atoms with Crippen molar-refractivity contribution >= 4 is 17.2 Å². The Labute approximate surface area is 135 Å². The van der Waals surface area contributed by atoms with Gasteiger partial charge in [-0.05, 0) is 6.92 Å². The molecule has 1 aliphatic rings. The van der Waals surface area contributed by atoms with Crippen LogP contribution >= 0.6 is 11.3 Å². The van der Waals surface area contributed by atoms with Crippen LogP contribution in [0.3, 0.4) is 0 Å². The van der Waals surface area contributed by atoms with Gasteiger partial charge in [-0.25, -0.2) is 9.67 Å². The van der Waals surface area contributed by atoms with E-state index in [4.69, 9.17) is 0 Å². The number of nitrogens with zero attached hydrogens (tertiary/aromatic N) is 8. The number of carbonyl (C=O) groups excluding carboxylic acids is 1. The maximum absolute atomic E-state index is 12.3. The molecule has 1 amide bonds. The minimum Gasteiger partial charge on any atom is -0.333 e. The number of aryl methyl sites for hydroxylation is 1. The average molecular weight is 330 g/mol. The third-order valence-electron chi connectivity index (χ3n) is 3.79. The average Bonchev–Trinajstić information content (AvgIpc) is 3.20. The van der Waals surface area contributed by atoms with E-state index in [1.807, 2.05) is 22.7 Å². The maximum Gasteiger partial charge on any atom is 0.265 e. The number of likely N-dealkylation sites (tertiary alicyclic amines) is 1. The fourth-order valence-corrected chi connectivity index (χ4v) is 3.24. The first-order chi connectivity index (χ1) is 11.2. The number of amides is 1. The molecule has 118 valence electrons. The number of hydrogen-bond donors (Lipinski definition) is 0. The Balaban J connectivity index is 1.38. The Morgan fingerprint density at radius 2 is 2.13 bits per heavy atom. The van der Waals surface area contributed by atoms with E-state index in [-0.39, 0.29) is 11.9 Å². The minimum absolute atomic E-state index is 0.0438. The zero-order chi connectivity index (χ0) is 15.8. The van der Waals surface area contributed by atoms with Gasteiger partial charge in [0.1, 0.15) is 17.1 Å². The largest absolute Gasteiger partial charge is 0.333 e. The molecule has 0 spiro atoms. The molecule has 0 atom stereocenters. The molecule has 10 heteroatoms. The van der Waals surface area contributed by atoms with E-state index in [0.717, 1.165) is 11.4 Å². The fraction of sp³-hybridized carbons (Fsp3) is 0.385. The minimum atomic E-state index is 0.0438. The van der Waals surface area contributed by atoms with Crippen molar-refractivity contribution in [2.24, 2.45) is 0 Å². The SMILES string of the molecule is Cc1ncsc1C(=O)N1CC(n2cc(Cn3nccn3)nn2)C1. The molecule has 4 heterocycles. The number of carbonyl (C=O) groups is 1. The van der Waals surface area contributed by atoms with Gasteiger partial charge in [0.15, 0.2) is 0 Å². The lowest BCUT2D eigenvalue weighted by Gasteiger charge is -2.38. The number of rotatable bonds is 4. The molecule has 4 rings (SSSR count). The molecule has 1 aliphatic heterocycles. The summed E-state index contributed by atoms with van der Waals surface area (Å²) >= 11 is 1.38. The van der Waals surface area contributed by atoms with Gasteiger partial charge in [-0.15, -0.1) is 16.4 Å². The lowest BCUT2D eigenvalue weighted by atomic mass is 10.1. The normalized spacial score (nSPS) is 14.9. The zero-order valence-electron chi connectivity index (χ0n) is 12.4. The van der Waals surface area contributed by atoms with Crippen molar-refractivity contribution in [3.05, 3.63) is 40.4 Å². The highest BCUT2D eigenvalue weighted by Crippen LogP contribution is 2.25. The van der Waals surface area contributed by atoms with Gasteiger partial charge in [-0.1, -0.05) is 5.21 Å². The van der Waals surface area contributed by atoms with Gasteiger partial charge in [0.25, 0.3) is 5.91 Å². The molecular formula is C13H14N8OS. The summed E-state index contributed by atoms with van der Waals surface area (Å²) in [4.78, 5) is 20.5. The topological polar surface area (TPSA) is 94.6 Å². The van der Waals surface area contributed by atoms with Gasteiger partial charge in [-0.3, -0.25) is 4.79 Å². The Bertz CT molecular complexity index is 817. The number of thiazole rings is 1. The smallest absolute Gasteiger partial charge is 0.265 e. The first-order valence-corrected chi connectivity index (χ1v) is 8.03. The maximum atomic E-state index is 12.3. The zero-order valence-corrected chi connectivity index (χ0v) is 13.2. The molecule has 0 bridgehead atoms. The van der Waals surface area contributed by atoms with Crippen LogP contribution in [0, 0.1) is 6.92 Å². The summed E-state index contributed by atoms with van der Waals surface area (Å²) in [5.74, 6) is 0.0438. The van der Waals surface area contributed by atoms with E-state index < -0.39 is 0 Å². The van der Waals surface area contributed by atoms with E-state index in [9.17, 15) is 4.79 Å². The quantitative estimate of drug-likeness (QED) is 0.686. The molecule has 1 saturated heterocycles. The standard InChI is InChI=1S/C13H14N8OS/c1-9-12(23-8-14-9)13(22)19-6-11(7-19)20-4-10(17-18-20)5-21-15-2-3-16-21/h2-4,8,11H,5-7H2,1H3. The molecule has 9 nitrogen and oxygen atoms in total. The van der Waals surface area contributed by atoms with Crippen molar-refractivity contribution in [1.82, 2.24) is 39.9 Å². The van der Waals surface area contributed by atoms with Crippen LogP contribution in [0.4, 0.5) is 0 Å². The van der Waals surface area contributed by atoms with Crippen LogP contribution in [0.25, 0.3) is 0 Å². The highest BCUT2D eigenvalue weighted by Gasteiger charge is 2.34. The second kappa shape index (κ2) is 5.54. The number of hydrogen-bond acceptors (Lipinski definition) is 7. The second-order valence-corrected chi connectivity index (χ2v) is 6.23. The highest BCUT2D eigenvalue weighted by molar-refractivity contribution is 7.11. The van der Waals surface area contributed by atoms with E-state index in [1.165, 1.54) is 11.3 Å². The molecule has 0 saturated carbocycles. The van der Waals surface area contributed by atoms with Crippen LogP contribution < -0.4 is 0 Å². The predicted octanol–water partition coefficient (Wildman–Crippen LogP) is 0.380. The van der Waals surface area contributed by atoms with Crippen molar-refractivity contribution in [2.45, 2.75) is 19.5 Å². The van der Waals surface area contributed by atoms with Crippen molar-refractivity contribution in [3.63, 3.8) is 0 Å². The van der Waals surface area contributed by atoms with Crippen LogP contribution in [0.5, 0.6) is 0 Å². The lowest BCUT2D eigenvalue weighted by molar-refractivity contribution is 0.0502. The summed E-state index contributed by atoms with van der Waals surface area (Å²) in [7, 11) is 0. The Hall–Kier alpha value is -2.62. The van der Waals surface area contributed by atoms with Gasteiger partial charge in [0.2, 0.25) is 0 Å². The molecule has 3 aromatic rings. The first kappa shape index (κ1) is 14.0. The monoisotopic (exact) mass is 330 g/mol. The molecule has 0 aromatic carbocycles. The molecular weight excluding hydrogens is 316 g/mol. The molecule has 0 radical (unpaired) electrons. The molecule has 23 heavy (non-hydrogen) atoms. The fourth-order valence-electron chi connectivity index (χ4n) is 2.47. The molecule has 0 N–H and O–H groups in total. The van der Waals surface area contributed by atoms with E-state index >= 15 is 0 Å². The van der Waals surface area contributed by atoms with Gasteiger partial charge >= 0.3 is 0 Å². The Morgan fingerprint density at radius 3 is 2.83 bits per heavy atom. The van der Waals surface area contributed by atoms with Gasteiger partial charge < -0.3 is 4.90 Å². The summed E-state index contributed by atoms with van der Waals surface area (Å²) in [6.45, 7) is 3.62. The summed E-state index contributed by atoms with van der Waals surface area (Å²) in [5.41, 5.74) is 3.29. The Morgan fingerprint density at radius 1 is 1.35 bits per heavy atom. The summed E-state index contributed by atoms with van der Waals surface area (Å²) in [6, 6.07) is 0.166.